The quantitative estimate of drug-likeness (QED) is 0.285. The van der Waals surface area contributed by atoms with Crippen LogP contribution in [0.4, 0.5) is 4.79 Å². The van der Waals surface area contributed by atoms with Crippen molar-refractivity contribution in [2.24, 2.45) is 29.1 Å². The van der Waals surface area contributed by atoms with E-state index in [9.17, 15) is 33.6 Å². The molecule has 6 amide bonds. The molecule has 0 radical (unpaired) electrons. The minimum absolute atomic E-state index is 0.0547. The highest BCUT2D eigenvalue weighted by Crippen LogP contribution is 2.65. The number of hydrogen-bond donors (Lipinski definition) is 4. The lowest BCUT2D eigenvalue weighted by Gasteiger charge is -2.39. The fourth-order valence-corrected chi connectivity index (χ4v) is 9.35. The molecule has 57 heavy (non-hydrogen) atoms. The van der Waals surface area contributed by atoms with E-state index in [0.717, 1.165) is 57.8 Å². The lowest BCUT2D eigenvalue weighted by Crippen LogP contribution is -2.60. The highest BCUT2D eigenvalue weighted by Gasteiger charge is 2.70. The molecule has 14 nitrogen and oxygen atoms in total. The number of piperidine rings is 1. The Morgan fingerprint density at radius 2 is 1.58 bits per heavy atom. The van der Waals surface area contributed by atoms with E-state index >= 15 is 0 Å². The summed E-state index contributed by atoms with van der Waals surface area (Å²) < 4.78 is 5.61. The first-order valence-electron chi connectivity index (χ1n) is 20.9. The van der Waals surface area contributed by atoms with Gasteiger partial charge in [0, 0.05) is 20.6 Å². The number of hydrogen-bond acceptors (Lipinski definition) is 8. The van der Waals surface area contributed by atoms with Crippen LogP contribution in [0, 0.1) is 29.1 Å². The molecule has 2 aliphatic carbocycles. The molecule has 2 saturated carbocycles. The molecule has 14 heteroatoms. The number of carbonyl (C=O) groups is 7. The Bertz CT molecular complexity index is 1660. The Hall–Kier alpha value is -4.49. The van der Waals surface area contributed by atoms with Gasteiger partial charge < -0.3 is 35.8 Å². The number of fused-ring (bicyclic) bond motifs is 5. The normalized spacial score (nSPS) is 28.3. The number of likely N-dealkylation sites (N-methyl/N-ethyl adjacent to an activating group) is 1. The van der Waals surface area contributed by atoms with Crippen molar-refractivity contribution in [2.45, 2.75) is 135 Å². The van der Waals surface area contributed by atoms with Gasteiger partial charge in [-0.2, -0.15) is 0 Å². The first-order valence-corrected chi connectivity index (χ1v) is 20.9. The van der Waals surface area contributed by atoms with Gasteiger partial charge in [0.25, 0.3) is 5.91 Å². The second-order valence-electron chi connectivity index (χ2n) is 18.4. The van der Waals surface area contributed by atoms with E-state index in [1.165, 1.54) is 4.90 Å². The molecule has 1 aromatic carbocycles. The third-order valence-electron chi connectivity index (χ3n) is 12.5. The van der Waals surface area contributed by atoms with Crippen molar-refractivity contribution in [3.63, 3.8) is 0 Å². The first-order chi connectivity index (χ1) is 26.9. The van der Waals surface area contributed by atoms with E-state index in [2.05, 4.69) is 35.1 Å². The molecule has 0 spiro atoms. The van der Waals surface area contributed by atoms with Crippen molar-refractivity contribution >= 4 is 41.4 Å². The number of nitrogens with zero attached hydrogens (tertiary/aromatic N) is 2. The van der Waals surface area contributed by atoms with E-state index in [1.807, 2.05) is 0 Å². The van der Waals surface area contributed by atoms with Crippen LogP contribution in [-0.4, -0.2) is 102 Å². The molecule has 2 aliphatic heterocycles. The monoisotopic (exact) mass is 792 g/mol. The van der Waals surface area contributed by atoms with Crippen LogP contribution in [-0.2, 0) is 33.5 Å². The fourth-order valence-electron chi connectivity index (χ4n) is 9.35. The van der Waals surface area contributed by atoms with Crippen LogP contribution >= 0.6 is 0 Å². The van der Waals surface area contributed by atoms with Crippen LogP contribution in [0.1, 0.15) is 117 Å². The Kier molecular flexibility index (Phi) is 14.1. The molecule has 314 valence electrons. The maximum Gasteiger partial charge on any atom is 0.408 e. The maximum atomic E-state index is 14.7. The van der Waals surface area contributed by atoms with Crippen LogP contribution in [0.3, 0.4) is 0 Å². The Balaban J connectivity index is 1.34. The average Bonchev–Trinajstić information content (AvgIpc) is 3.45. The molecule has 2 saturated heterocycles. The number of carbonyl (C=O) groups excluding carboxylic acids is 7. The van der Waals surface area contributed by atoms with Crippen LogP contribution in [0.2, 0.25) is 0 Å². The zero-order valence-electron chi connectivity index (χ0n) is 34.9. The summed E-state index contributed by atoms with van der Waals surface area (Å²) in [5, 5.41) is 10.8. The molecule has 2 bridgehead atoms. The molecule has 4 fully saturated rings. The number of benzene rings is 1. The van der Waals surface area contributed by atoms with Crippen molar-refractivity contribution < 1.29 is 38.3 Å². The number of alkyl carbamates (subject to hydrolysis) is 1. The number of rotatable bonds is 8. The lowest BCUT2D eigenvalue weighted by atomic mass is 9.75. The SMILES string of the molecule is CN(C)C(=O)[C@@H](NC(=O)CNC(=O)C(=O)[C@@H]1CCCCCCCC2CCCC(C2)[C@H](NC(=O)OC(C)(C)C)C(=O)N2CC3C([C@H]2C(=O)N1)C3(C)C)c1ccccc1. The Morgan fingerprint density at radius 3 is 2.25 bits per heavy atom. The second-order valence-corrected chi connectivity index (χ2v) is 18.4. The molecule has 4 aliphatic rings. The highest BCUT2D eigenvalue weighted by molar-refractivity contribution is 6.38. The minimum Gasteiger partial charge on any atom is -0.444 e. The summed E-state index contributed by atoms with van der Waals surface area (Å²) in [5.41, 5.74) is -0.433. The van der Waals surface area contributed by atoms with E-state index in [4.69, 9.17) is 4.74 Å². The van der Waals surface area contributed by atoms with E-state index < -0.39 is 65.9 Å². The van der Waals surface area contributed by atoms with E-state index in [0.29, 0.717) is 24.4 Å². The Morgan fingerprint density at radius 1 is 0.930 bits per heavy atom. The topological polar surface area (TPSA) is 183 Å². The van der Waals surface area contributed by atoms with Gasteiger partial charge in [-0.3, -0.25) is 28.8 Å². The fraction of sp³-hybridized carbons (Fsp3) is 0.698. The smallest absolute Gasteiger partial charge is 0.408 e. The van der Waals surface area contributed by atoms with Crippen LogP contribution in [0.25, 0.3) is 0 Å². The van der Waals surface area contributed by atoms with Crippen molar-refractivity contribution in [3.8, 4) is 0 Å². The molecule has 4 unspecified atom stereocenters. The summed E-state index contributed by atoms with van der Waals surface area (Å²) in [6.45, 7) is 9.22. The molecule has 5 rings (SSSR count). The average molecular weight is 793 g/mol. The summed E-state index contributed by atoms with van der Waals surface area (Å²) in [7, 11) is 3.15. The summed E-state index contributed by atoms with van der Waals surface area (Å²) >= 11 is 0. The van der Waals surface area contributed by atoms with Gasteiger partial charge in [0.2, 0.25) is 29.4 Å². The predicted octanol–water partition coefficient (Wildman–Crippen LogP) is 4.03. The number of Topliss-reactive ketones (excluding diaryl/α,β-unsaturated/α-hetero) is 1. The largest absolute Gasteiger partial charge is 0.444 e. The standard InChI is InChI=1S/C43H64N6O8/c1-42(2,3)57-41(56)47-34-28-21-16-18-26(23-28)17-12-9-8-10-15-22-30(45-37(52)35-32-29(43(32,4)5)25-49(35)40(34)55)36(51)38(53)44-24-31(50)46-33(39(54)48(6)7)27-19-13-11-14-20-27/h11,13-14,19-20,26,28-30,32-35H,8-10,12,15-18,21-25H2,1-7H3,(H,44,53)(H,45,52)(H,46,50)(H,47,56)/t26?,28?,29?,30-,32?,33-,34-,35-/m0/s1. The predicted molar refractivity (Wildman–Crippen MR) is 213 cm³/mol. The number of ether oxygens (including phenoxy) is 1. The molecule has 2 heterocycles. The van der Waals surface area contributed by atoms with Gasteiger partial charge in [0.05, 0.1) is 12.6 Å². The molecule has 8 atom stereocenters. The number of nitrogens with one attached hydrogen (secondary N) is 4. The van der Waals surface area contributed by atoms with Gasteiger partial charge >= 0.3 is 6.09 Å². The van der Waals surface area contributed by atoms with Crippen molar-refractivity contribution in [3.05, 3.63) is 35.9 Å². The highest BCUT2D eigenvalue weighted by atomic mass is 16.6. The van der Waals surface area contributed by atoms with Crippen LogP contribution < -0.4 is 21.3 Å². The van der Waals surface area contributed by atoms with Gasteiger partial charge in [-0.25, -0.2) is 4.79 Å². The summed E-state index contributed by atoms with van der Waals surface area (Å²) in [6.07, 6.45) is 8.52. The minimum atomic E-state index is -1.18. The molecular weight excluding hydrogens is 729 g/mol. The second kappa shape index (κ2) is 18.4. The summed E-state index contributed by atoms with van der Waals surface area (Å²) in [4.78, 5) is 98.4. The maximum absolute atomic E-state index is 14.7. The van der Waals surface area contributed by atoms with Crippen LogP contribution in [0.15, 0.2) is 30.3 Å². The molecule has 1 aromatic rings. The first kappa shape index (κ1) is 43.6. The lowest BCUT2D eigenvalue weighted by molar-refractivity contribution is -0.145. The van der Waals surface area contributed by atoms with E-state index in [-0.39, 0.29) is 41.4 Å². The third kappa shape index (κ3) is 10.9. The van der Waals surface area contributed by atoms with Gasteiger partial charge in [-0.1, -0.05) is 95.5 Å². The van der Waals surface area contributed by atoms with Gasteiger partial charge in [0.1, 0.15) is 23.7 Å². The zero-order valence-corrected chi connectivity index (χ0v) is 34.9. The third-order valence-corrected chi connectivity index (χ3v) is 12.5. The van der Waals surface area contributed by atoms with Crippen molar-refractivity contribution in [2.75, 3.05) is 27.2 Å². The summed E-state index contributed by atoms with van der Waals surface area (Å²) in [5.74, 6) is -3.59. The van der Waals surface area contributed by atoms with Gasteiger partial charge in [-0.15, -0.1) is 0 Å². The van der Waals surface area contributed by atoms with Crippen molar-refractivity contribution in [1.29, 1.82) is 0 Å². The molecule has 0 aromatic heterocycles. The number of ketones is 1. The zero-order chi connectivity index (χ0) is 41.7. The van der Waals surface area contributed by atoms with Gasteiger partial charge in [-0.05, 0) is 74.7 Å². The summed E-state index contributed by atoms with van der Waals surface area (Å²) in [6, 6.07) is 4.75. The molecular formula is C43H64N6O8. The molecule has 4 N–H and O–H groups in total. The Labute approximate surface area is 337 Å². The number of amides is 6. The van der Waals surface area contributed by atoms with E-state index in [1.54, 1.807) is 70.1 Å². The van der Waals surface area contributed by atoms with Gasteiger partial charge in [0.15, 0.2) is 0 Å². The van der Waals surface area contributed by atoms with Crippen LogP contribution in [0.5, 0.6) is 0 Å². The van der Waals surface area contributed by atoms with Crippen molar-refractivity contribution in [1.82, 2.24) is 31.1 Å².